The molecule has 0 unspecified atom stereocenters. The van der Waals surface area contributed by atoms with E-state index in [9.17, 15) is 9.59 Å². The quantitative estimate of drug-likeness (QED) is 0.865. The first-order chi connectivity index (χ1) is 8.13. The van der Waals surface area contributed by atoms with Crippen LogP contribution >= 0.6 is 0 Å². The molecule has 2 rings (SSSR count). The van der Waals surface area contributed by atoms with E-state index in [4.69, 9.17) is 5.11 Å². The maximum atomic E-state index is 12.1. The third kappa shape index (κ3) is 2.46. The molecule has 0 spiro atoms. The van der Waals surface area contributed by atoms with Crippen LogP contribution in [0.3, 0.4) is 0 Å². The van der Waals surface area contributed by atoms with Crippen LogP contribution in [0.4, 0.5) is 0 Å². The molecule has 0 aromatic heterocycles. The summed E-state index contributed by atoms with van der Waals surface area (Å²) < 4.78 is 0. The lowest BCUT2D eigenvalue weighted by Gasteiger charge is -2.20. The van der Waals surface area contributed by atoms with E-state index < -0.39 is 5.97 Å². The molecule has 1 aliphatic carbocycles. The zero-order valence-corrected chi connectivity index (χ0v) is 9.72. The van der Waals surface area contributed by atoms with E-state index in [1.54, 1.807) is 12.1 Å². The lowest BCUT2D eigenvalue weighted by molar-refractivity contribution is 0.0693. The summed E-state index contributed by atoms with van der Waals surface area (Å²) in [5.74, 6) is -0.981. The van der Waals surface area contributed by atoms with E-state index in [0.29, 0.717) is 18.2 Å². The van der Waals surface area contributed by atoms with Gasteiger partial charge in [0.2, 0.25) is 0 Å². The fourth-order valence-electron chi connectivity index (χ4n) is 1.88. The molecule has 1 aromatic carbocycles. The third-order valence-corrected chi connectivity index (χ3v) is 2.97. The van der Waals surface area contributed by atoms with Crippen molar-refractivity contribution in [3.63, 3.8) is 0 Å². The number of hydrogen-bond acceptors (Lipinski definition) is 2. The predicted octanol–water partition coefficient (Wildman–Crippen LogP) is 2.01. The first kappa shape index (κ1) is 11.6. The standard InChI is InChI=1S/C13H15NO3/c1-2-14(11-7-8-11)12(15)9-3-5-10(6-4-9)13(16)17/h3-6,11H,2,7-8H2,1H3,(H,16,17). The van der Waals surface area contributed by atoms with Crippen LogP contribution in [0.2, 0.25) is 0 Å². The van der Waals surface area contributed by atoms with Gasteiger partial charge in [-0.15, -0.1) is 0 Å². The van der Waals surface area contributed by atoms with E-state index in [-0.39, 0.29) is 11.5 Å². The summed E-state index contributed by atoms with van der Waals surface area (Å²) >= 11 is 0. The Labute approximate surface area is 99.9 Å². The molecular weight excluding hydrogens is 218 g/mol. The molecule has 1 aliphatic rings. The summed E-state index contributed by atoms with van der Waals surface area (Å²) in [5, 5.41) is 8.77. The molecule has 0 aliphatic heterocycles. The van der Waals surface area contributed by atoms with Crippen LogP contribution in [0.15, 0.2) is 24.3 Å². The maximum Gasteiger partial charge on any atom is 0.335 e. The summed E-state index contributed by atoms with van der Waals surface area (Å²) in [6.45, 7) is 2.66. The van der Waals surface area contributed by atoms with Gasteiger partial charge in [-0.1, -0.05) is 0 Å². The van der Waals surface area contributed by atoms with Crippen molar-refractivity contribution < 1.29 is 14.7 Å². The first-order valence-electron chi connectivity index (χ1n) is 5.77. The summed E-state index contributed by atoms with van der Waals surface area (Å²) in [6.07, 6.45) is 2.15. The molecule has 17 heavy (non-hydrogen) atoms. The third-order valence-electron chi connectivity index (χ3n) is 2.97. The fraction of sp³-hybridized carbons (Fsp3) is 0.385. The molecular formula is C13H15NO3. The van der Waals surface area contributed by atoms with Crippen molar-refractivity contribution in [2.24, 2.45) is 0 Å². The molecule has 1 fully saturated rings. The SMILES string of the molecule is CCN(C(=O)c1ccc(C(=O)O)cc1)C1CC1. The molecule has 1 saturated carbocycles. The summed E-state index contributed by atoms with van der Waals surface area (Å²) in [7, 11) is 0. The topological polar surface area (TPSA) is 57.6 Å². The van der Waals surface area contributed by atoms with Gasteiger partial charge in [-0.05, 0) is 44.0 Å². The average molecular weight is 233 g/mol. The molecule has 0 heterocycles. The van der Waals surface area contributed by atoms with Gasteiger partial charge in [0, 0.05) is 18.2 Å². The molecule has 0 saturated heterocycles. The van der Waals surface area contributed by atoms with Crippen molar-refractivity contribution in [3.05, 3.63) is 35.4 Å². The van der Waals surface area contributed by atoms with E-state index in [1.807, 2.05) is 11.8 Å². The highest BCUT2D eigenvalue weighted by molar-refractivity contribution is 5.96. The molecule has 1 amide bonds. The molecule has 0 bridgehead atoms. The number of hydrogen-bond donors (Lipinski definition) is 1. The van der Waals surface area contributed by atoms with Crippen LogP contribution in [-0.2, 0) is 0 Å². The Hall–Kier alpha value is -1.84. The van der Waals surface area contributed by atoms with Crippen molar-refractivity contribution in [3.8, 4) is 0 Å². The van der Waals surface area contributed by atoms with Gasteiger partial charge in [-0.2, -0.15) is 0 Å². The second-order valence-electron chi connectivity index (χ2n) is 4.20. The Kier molecular flexibility index (Phi) is 3.13. The van der Waals surface area contributed by atoms with Crippen LogP contribution in [0.1, 0.15) is 40.5 Å². The minimum atomic E-state index is -0.974. The Bertz CT molecular complexity index is 434. The minimum absolute atomic E-state index is 0.00746. The predicted molar refractivity (Wildman–Crippen MR) is 63.1 cm³/mol. The molecule has 0 atom stereocenters. The van der Waals surface area contributed by atoms with Crippen LogP contribution in [0.25, 0.3) is 0 Å². The molecule has 1 aromatic rings. The Balaban J connectivity index is 2.15. The molecule has 1 N–H and O–H groups in total. The Morgan fingerprint density at radius 1 is 1.24 bits per heavy atom. The zero-order chi connectivity index (χ0) is 12.4. The monoisotopic (exact) mass is 233 g/mol. The maximum absolute atomic E-state index is 12.1. The Morgan fingerprint density at radius 2 is 1.76 bits per heavy atom. The highest BCUT2D eigenvalue weighted by atomic mass is 16.4. The van der Waals surface area contributed by atoms with Gasteiger partial charge in [0.1, 0.15) is 0 Å². The zero-order valence-electron chi connectivity index (χ0n) is 9.72. The van der Waals surface area contributed by atoms with Gasteiger partial charge in [-0.25, -0.2) is 4.79 Å². The van der Waals surface area contributed by atoms with Crippen molar-refractivity contribution >= 4 is 11.9 Å². The summed E-state index contributed by atoms with van der Waals surface area (Å²) in [6, 6.07) is 6.48. The second kappa shape index (κ2) is 4.57. The van der Waals surface area contributed by atoms with E-state index in [2.05, 4.69) is 0 Å². The van der Waals surface area contributed by atoms with E-state index in [0.717, 1.165) is 12.8 Å². The highest BCUT2D eigenvalue weighted by Crippen LogP contribution is 2.27. The van der Waals surface area contributed by atoms with Gasteiger partial charge in [0.05, 0.1) is 5.56 Å². The normalized spacial score (nSPS) is 14.4. The number of carbonyl (C=O) groups is 2. The lowest BCUT2D eigenvalue weighted by atomic mass is 10.1. The lowest BCUT2D eigenvalue weighted by Crippen LogP contribution is -2.32. The Morgan fingerprint density at radius 3 is 2.18 bits per heavy atom. The number of carboxylic acids is 1. The van der Waals surface area contributed by atoms with Crippen LogP contribution in [0.5, 0.6) is 0 Å². The van der Waals surface area contributed by atoms with Crippen molar-refractivity contribution in [2.75, 3.05) is 6.54 Å². The fourth-order valence-corrected chi connectivity index (χ4v) is 1.88. The van der Waals surface area contributed by atoms with Crippen LogP contribution in [0, 0.1) is 0 Å². The molecule has 4 heteroatoms. The number of nitrogens with zero attached hydrogens (tertiary/aromatic N) is 1. The molecule has 0 radical (unpaired) electrons. The number of carbonyl (C=O) groups excluding carboxylic acids is 1. The van der Waals surface area contributed by atoms with Gasteiger partial charge in [0.15, 0.2) is 0 Å². The van der Waals surface area contributed by atoms with Gasteiger partial charge >= 0.3 is 5.97 Å². The van der Waals surface area contributed by atoms with Crippen molar-refractivity contribution in [2.45, 2.75) is 25.8 Å². The average Bonchev–Trinajstić information content (AvgIpc) is 3.14. The van der Waals surface area contributed by atoms with Crippen LogP contribution < -0.4 is 0 Å². The van der Waals surface area contributed by atoms with E-state index in [1.165, 1.54) is 12.1 Å². The number of aromatic carboxylic acids is 1. The van der Waals surface area contributed by atoms with Gasteiger partial charge in [-0.3, -0.25) is 4.79 Å². The minimum Gasteiger partial charge on any atom is -0.478 e. The first-order valence-corrected chi connectivity index (χ1v) is 5.77. The van der Waals surface area contributed by atoms with Crippen molar-refractivity contribution in [1.82, 2.24) is 4.90 Å². The van der Waals surface area contributed by atoms with E-state index >= 15 is 0 Å². The van der Waals surface area contributed by atoms with Gasteiger partial charge < -0.3 is 10.0 Å². The smallest absolute Gasteiger partial charge is 0.335 e. The van der Waals surface area contributed by atoms with Gasteiger partial charge in [0.25, 0.3) is 5.91 Å². The van der Waals surface area contributed by atoms with Crippen molar-refractivity contribution in [1.29, 1.82) is 0 Å². The molecule has 90 valence electrons. The number of carboxylic acid groups (broad SMARTS) is 1. The van der Waals surface area contributed by atoms with Crippen LogP contribution in [-0.4, -0.2) is 34.5 Å². The number of amides is 1. The largest absolute Gasteiger partial charge is 0.478 e. The summed E-state index contributed by atoms with van der Waals surface area (Å²) in [5.41, 5.74) is 0.764. The number of rotatable bonds is 4. The molecule has 4 nitrogen and oxygen atoms in total. The summed E-state index contributed by atoms with van der Waals surface area (Å²) in [4.78, 5) is 24.7. The second-order valence-corrected chi connectivity index (χ2v) is 4.20. The highest BCUT2D eigenvalue weighted by Gasteiger charge is 2.31. The number of benzene rings is 1.